The van der Waals surface area contributed by atoms with Crippen LogP contribution < -0.4 is 5.32 Å². The lowest BCUT2D eigenvalue weighted by molar-refractivity contribution is 0.102. The molecule has 2 N–H and O–H groups in total. The average molecular weight is 427 g/mol. The summed E-state index contributed by atoms with van der Waals surface area (Å²) in [6, 6.07) is 8.34. The molecule has 0 aliphatic rings. The quantitative estimate of drug-likeness (QED) is 0.618. The first-order valence-corrected chi connectivity index (χ1v) is 9.92. The topological polar surface area (TPSA) is 109 Å². The number of aromatic nitrogens is 2. The number of carbonyl (C=O) groups excluding carboxylic acids is 1. The van der Waals surface area contributed by atoms with Gasteiger partial charge in [-0.25, -0.2) is 13.8 Å². The molecule has 0 bridgehead atoms. The lowest BCUT2D eigenvalue weighted by atomic mass is 10.2. The summed E-state index contributed by atoms with van der Waals surface area (Å²) in [6.45, 7) is 3.02. The summed E-state index contributed by atoms with van der Waals surface area (Å²) in [4.78, 5) is 19.5. The highest BCUT2D eigenvalue weighted by Crippen LogP contribution is 2.26. The Bertz CT molecular complexity index is 1090. The molecule has 2 aromatic heterocycles. The van der Waals surface area contributed by atoms with E-state index in [9.17, 15) is 22.0 Å². The van der Waals surface area contributed by atoms with E-state index in [1.807, 2.05) is 0 Å². The number of halogens is 2. The summed E-state index contributed by atoms with van der Waals surface area (Å²) in [5, 5.41) is 2.51. The van der Waals surface area contributed by atoms with E-state index in [-0.39, 0.29) is 20.7 Å². The molecule has 148 valence electrons. The lowest BCUT2D eigenvalue weighted by Crippen LogP contribution is -2.13. The molecule has 0 aliphatic carbocycles. The molecule has 7 nitrogen and oxygen atoms in total. The van der Waals surface area contributed by atoms with Gasteiger partial charge in [0.1, 0.15) is 17.3 Å². The van der Waals surface area contributed by atoms with Crippen molar-refractivity contribution >= 4 is 32.5 Å². The van der Waals surface area contributed by atoms with Crippen LogP contribution in [0, 0.1) is 25.5 Å². The summed E-state index contributed by atoms with van der Waals surface area (Å²) in [6.07, 6.45) is 1.46. The van der Waals surface area contributed by atoms with Gasteiger partial charge in [-0.3, -0.25) is 19.6 Å². The van der Waals surface area contributed by atoms with Gasteiger partial charge in [0.05, 0.1) is 5.69 Å². The zero-order valence-electron chi connectivity index (χ0n) is 14.7. The Labute approximate surface area is 163 Å². The molecule has 0 saturated carbocycles. The number of pyridine rings is 1. The van der Waals surface area contributed by atoms with Crippen molar-refractivity contribution in [1.82, 2.24) is 9.97 Å². The largest absolute Gasteiger partial charge is 0.306 e. The Kier molecular flexibility index (Phi) is 6.89. The summed E-state index contributed by atoms with van der Waals surface area (Å²) in [7, 11) is -4.32. The normalized spacial score (nSPS) is 10.8. The number of nitrogens with zero attached hydrogens (tertiary/aromatic N) is 2. The van der Waals surface area contributed by atoms with Gasteiger partial charge in [-0.05, 0) is 37.6 Å². The second kappa shape index (κ2) is 8.95. The van der Waals surface area contributed by atoms with Crippen molar-refractivity contribution in [2.75, 3.05) is 5.32 Å². The Morgan fingerprint density at radius 3 is 2.39 bits per heavy atom. The molecule has 1 amide bonds. The Morgan fingerprint density at radius 2 is 1.89 bits per heavy atom. The van der Waals surface area contributed by atoms with Crippen LogP contribution in [0.5, 0.6) is 0 Å². The van der Waals surface area contributed by atoms with E-state index in [1.165, 1.54) is 31.3 Å². The van der Waals surface area contributed by atoms with Gasteiger partial charge in [0, 0.05) is 12.3 Å². The van der Waals surface area contributed by atoms with Gasteiger partial charge >= 0.3 is 10.1 Å². The number of anilines is 1. The number of nitrogens with one attached hydrogen (secondary N) is 1. The fourth-order valence-corrected chi connectivity index (χ4v) is 3.67. The predicted molar refractivity (Wildman–Crippen MR) is 100.0 cm³/mol. The monoisotopic (exact) mass is 427 g/mol. The molecule has 0 unspecified atom stereocenters. The second-order valence-corrected chi connectivity index (χ2v) is 8.05. The van der Waals surface area contributed by atoms with Crippen LogP contribution in [-0.2, 0) is 10.1 Å². The van der Waals surface area contributed by atoms with Crippen LogP contribution in [0.25, 0.3) is 0 Å². The molecule has 0 radical (unpaired) electrons. The highest BCUT2D eigenvalue weighted by Gasteiger charge is 2.20. The third kappa shape index (κ3) is 5.87. The van der Waals surface area contributed by atoms with Gasteiger partial charge in [-0.1, -0.05) is 23.5 Å². The van der Waals surface area contributed by atoms with E-state index < -0.39 is 27.7 Å². The SMILES string of the molecule is Cc1ccc(F)cc1F.Cc1nc(NC(=O)c2ccccn2)sc1S(=O)(=O)O. The summed E-state index contributed by atoms with van der Waals surface area (Å²) >= 11 is 0.681. The summed E-state index contributed by atoms with van der Waals surface area (Å²) in [5.41, 5.74) is 0.781. The number of benzene rings is 1. The summed E-state index contributed by atoms with van der Waals surface area (Å²) in [5.74, 6) is -1.52. The van der Waals surface area contributed by atoms with Gasteiger partial charge in [0.2, 0.25) is 0 Å². The Morgan fingerprint density at radius 1 is 1.18 bits per heavy atom. The first kappa shape index (κ1) is 21.5. The van der Waals surface area contributed by atoms with Crippen LogP contribution in [0.15, 0.2) is 46.8 Å². The van der Waals surface area contributed by atoms with Crippen molar-refractivity contribution in [1.29, 1.82) is 0 Å². The van der Waals surface area contributed by atoms with Crippen molar-refractivity contribution in [2.45, 2.75) is 18.1 Å². The van der Waals surface area contributed by atoms with Crippen LogP contribution >= 0.6 is 11.3 Å². The van der Waals surface area contributed by atoms with E-state index in [0.29, 0.717) is 16.9 Å². The van der Waals surface area contributed by atoms with Crippen LogP contribution in [0.2, 0.25) is 0 Å². The molecule has 0 atom stereocenters. The van der Waals surface area contributed by atoms with Crippen LogP contribution in [-0.4, -0.2) is 28.8 Å². The third-order valence-electron chi connectivity index (χ3n) is 3.24. The van der Waals surface area contributed by atoms with Gasteiger partial charge < -0.3 is 0 Å². The highest BCUT2D eigenvalue weighted by molar-refractivity contribution is 7.88. The van der Waals surface area contributed by atoms with E-state index in [4.69, 9.17) is 4.55 Å². The number of amides is 1. The highest BCUT2D eigenvalue weighted by atomic mass is 32.3. The van der Waals surface area contributed by atoms with Gasteiger partial charge in [0.25, 0.3) is 5.91 Å². The number of hydrogen-bond donors (Lipinski definition) is 2. The number of carbonyl (C=O) groups is 1. The fraction of sp³-hybridized carbons (Fsp3) is 0.118. The van der Waals surface area contributed by atoms with Crippen molar-refractivity contribution < 1.29 is 26.5 Å². The van der Waals surface area contributed by atoms with Gasteiger partial charge in [-0.15, -0.1) is 0 Å². The van der Waals surface area contributed by atoms with Crippen LogP contribution in [0.3, 0.4) is 0 Å². The lowest BCUT2D eigenvalue weighted by Gasteiger charge is -1.99. The van der Waals surface area contributed by atoms with Gasteiger partial charge in [-0.2, -0.15) is 8.42 Å². The molecular weight excluding hydrogens is 412 g/mol. The average Bonchev–Trinajstić information content (AvgIpc) is 3.00. The fourth-order valence-electron chi connectivity index (χ4n) is 1.90. The number of aryl methyl sites for hydroxylation is 2. The van der Waals surface area contributed by atoms with E-state index >= 15 is 0 Å². The Hall–Kier alpha value is -2.76. The van der Waals surface area contributed by atoms with Gasteiger partial charge in [0.15, 0.2) is 9.34 Å². The van der Waals surface area contributed by atoms with Crippen LogP contribution in [0.4, 0.5) is 13.9 Å². The van der Waals surface area contributed by atoms with Crippen molar-refractivity contribution in [3.8, 4) is 0 Å². The minimum atomic E-state index is -4.32. The maximum absolute atomic E-state index is 12.3. The molecule has 11 heteroatoms. The molecule has 0 saturated heterocycles. The first-order valence-electron chi connectivity index (χ1n) is 7.67. The predicted octanol–water partition coefficient (Wildman–Crippen LogP) is 3.62. The molecule has 0 aliphatic heterocycles. The molecule has 0 spiro atoms. The summed E-state index contributed by atoms with van der Waals surface area (Å²) < 4.78 is 55.2. The minimum Gasteiger partial charge on any atom is -0.296 e. The van der Waals surface area contributed by atoms with E-state index in [1.54, 1.807) is 19.1 Å². The standard InChI is InChI=1S/C10H9N3O4S2.C7H6F2/c1-6-9(19(15,16)17)18-10(12-6)13-8(14)7-4-2-3-5-11-7;1-5-2-3-6(8)4-7(5)9/h2-5H,1H3,(H,12,13,14)(H,15,16,17);2-4H,1H3. The van der Waals surface area contributed by atoms with Crippen molar-refractivity contribution in [3.05, 3.63) is 71.2 Å². The molecule has 3 rings (SSSR count). The molecule has 28 heavy (non-hydrogen) atoms. The minimum absolute atomic E-state index is 0.0841. The first-order chi connectivity index (χ1) is 13.1. The zero-order valence-corrected chi connectivity index (χ0v) is 16.3. The maximum atomic E-state index is 12.3. The van der Waals surface area contributed by atoms with Crippen molar-refractivity contribution in [3.63, 3.8) is 0 Å². The molecule has 1 aromatic carbocycles. The van der Waals surface area contributed by atoms with E-state index in [0.717, 1.165) is 6.07 Å². The third-order valence-corrected chi connectivity index (χ3v) is 5.75. The second-order valence-electron chi connectivity index (χ2n) is 5.43. The zero-order chi connectivity index (χ0) is 20.9. The smallest absolute Gasteiger partial charge is 0.296 e. The molecule has 2 heterocycles. The number of thiazole rings is 1. The van der Waals surface area contributed by atoms with Crippen LogP contribution in [0.1, 0.15) is 21.7 Å². The maximum Gasteiger partial charge on any atom is 0.306 e. The van der Waals surface area contributed by atoms with Crippen molar-refractivity contribution in [2.24, 2.45) is 0 Å². The molecular formula is C17H15F2N3O4S2. The Balaban J connectivity index is 0.000000261. The number of hydrogen-bond acceptors (Lipinski definition) is 6. The van der Waals surface area contributed by atoms with E-state index in [2.05, 4.69) is 15.3 Å². The molecule has 0 fully saturated rings. The molecule has 3 aromatic rings. The number of rotatable bonds is 3.